The number of carbonyl (C=O) groups excluding carboxylic acids is 1. The van der Waals surface area contributed by atoms with Gasteiger partial charge in [0.2, 0.25) is 0 Å². The Balaban J connectivity index is 1.82. The normalized spacial score (nSPS) is 22.0. The Bertz CT molecular complexity index is 460. The minimum Gasteiger partial charge on any atom is -0.481 e. The minimum absolute atomic E-state index is 0.192. The van der Waals surface area contributed by atoms with E-state index in [0.717, 1.165) is 18.4 Å². The summed E-state index contributed by atoms with van der Waals surface area (Å²) in [6.07, 6.45) is 2.59. The van der Waals surface area contributed by atoms with Crippen LogP contribution in [0.3, 0.4) is 0 Å². The Morgan fingerprint density at radius 1 is 1.20 bits per heavy atom. The van der Waals surface area contributed by atoms with Crippen molar-refractivity contribution in [3.05, 3.63) is 35.9 Å². The summed E-state index contributed by atoms with van der Waals surface area (Å²) in [5.74, 6) is -1.36. The molecule has 0 heterocycles. The van der Waals surface area contributed by atoms with E-state index in [9.17, 15) is 9.59 Å². The number of alkyl carbamates (subject to hydrolysis) is 1. The molecule has 0 radical (unpaired) electrons. The number of carboxylic acid groups (broad SMARTS) is 1. The molecule has 1 amide bonds. The van der Waals surface area contributed by atoms with Crippen molar-refractivity contribution in [3.63, 3.8) is 0 Å². The second kappa shape index (κ2) is 6.93. The van der Waals surface area contributed by atoms with Gasteiger partial charge in [0.1, 0.15) is 6.61 Å². The van der Waals surface area contributed by atoms with Crippen LogP contribution in [0.15, 0.2) is 30.3 Å². The summed E-state index contributed by atoms with van der Waals surface area (Å²) in [6.45, 7) is 0.192. The van der Waals surface area contributed by atoms with E-state index in [0.29, 0.717) is 12.8 Å². The van der Waals surface area contributed by atoms with Gasteiger partial charge in [-0.15, -0.1) is 0 Å². The van der Waals surface area contributed by atoms with Gasteiger partial charge in [-0.2, -0.15) is 0 Å². The number of aliphatic carboxylic acids is 1. The van der Waals surface area contributed by atoms with Crippen molar-refractivity contribution in [2.24, 2.45) is 5.92 Å². The number of carbonyl (C=O) groups is 2. The highest BCUT2D eigenvalue weighted by atomic mass is 16.5. The topological polar surface area (TPSA) is 75.6 Å². The number of benzene rings is 1. The lowest BCUT2D eigenvalue weighted by atomic mass is 9.85. The van der Waals surface area contributed by atoms with Gasteiger partial charge in [-0.3, -0.25) is 4.79 Å². The highest BCUT2D eigenvalue weighted by Gasteiger charge is 2.32. The van der Waals surface area contributed by atoms with E-state index in [2.05, 4.69) is 5.32 Å². The molecule has 2 atom stereocenters. The van der Waals surface area contributed by atoms with Gasteiger partial charge in [0.15, 0.2) is 0 Å². The maximum absolute atomic E-state index is 11.7. The molecule has 0 unspecified atom stereocenters. The fourth-order valence-corrected chi connectivity index (χ4v) is 2.52. The molecule has 2 rings (SSSR count). The lowest BCUT2D eigenvalue weighted by molar-refractivity contribution is -0.143. The summed E-state index contributed by atoms with van der Waals surface area (Å²) < 4.78 is 5.12. The Labute approximate surface area is 117 Å². The van der Waals surface area contributed by atoms with Gasteiger partial charge in [-0.05, 0) is 18.4 Å². The summed E-state index contributed by atoms with van der Waals surface area (Å²) in [7, 11) is 0. The van der Waals surface area contributed by atoms with Gasteiger partial charge in [0.25, 0.3) is 0 Å². The molecule has 0 aromatic heterocycles. The average Bonchev–Trinajstić information content (AvgIpc) is 2.46. The molecule has 2 N–H and O–H groups in total. The van der Waals surface area contributed by atoms with Crippen LogP contribution in [0.25, 0.3) is 0 Å². The molecular formula is C15H19NO4. The zero-order chi connectivity index (χ0) is 14.4. The number of amides is 1. The second-order valence-corrected chi connectivity index (χ2v) is 5.04. The fourth-order valence-electron chi connectivity index (χ4n) is 2.52. The van der Waals surface area contributed by atoms with E-state index in [4.69, 9.17) is 9.84 Å². The number of rotatable bonds is 4. The van der Waals surface area contributed by atoms with Crippen LogP contribution in [0.4, 0.5) is 4.79 Å². The summed E-state index contributed by atoms with van der Waals surface area (Å²) in [5.41, 5.74) is 0.904. The zero-order valence-corrected chi connectivity index (χ0v) is 11.2. The summed E-state index contributed by atoms with van der Waals surface area (Å²) in [5, 5.41) is 11.8. The van der Waals surface area contributed by atoms with E-state index in [1.165, 1.54) is 0 Å². The van der Waals surface area contributed by atoms with E-state index in [1.54, 1.807) is 0 Å². The van der Waals surface area contributed by atoms with Crippen molar-refractivity contribution >= 4 is 12.1 Å². The van der Waals surface area contributed by atoms with Crippen LogP contribution in [-0.2, 0) is 16.1 Å². The molecule has 1 aliphatic carbocycles. The number of ether oxygens (including phenoxy) is 1. The van der Waals surface area contributed by atoms with Crippen molar-refractivity contribution in [1.29, 1.82) is 0 Å². The van der Waals surface area contributed by atoms with Crippen molar-refractivity contribution in [2.45, 2.75) is 38.3 Å². The van der Waals surface area contributed by atoms with Gasteiger partial charge in [0, 0.05) is 6.04 Å². The second-order valence-electron chi connectivity index (χ2n) is 5.04. The van der Waals surface area contributed by atoms with Crippen LogP contribution < -0.4 is 5.32 Å². The third-order valence-corrected chi connectivity index (χ3v) is 3.60. The maximum atomic E-state index is 11.7. The third kappa shape index (κ3) is 3.98. The largest absolute Gasteiger partial charge is 0.481 e. The van der Waals surface area contributed by atoms with E-state index in [1.807, 2.05) is 30.3 Å². The molecule has 0 spiro atoms. The summed E-state index contributed by atoms with van der Waals surface area (Å²) in [4.78, 5) is 22.9. The SMILES string of the molecule is O=C(N[C@H]1CCCC[C@H]1C(=O)O)OCc1ccccc1. The van der Waals surface area contributed by atoms with Crippen molar-refractivity contribution < 1.29 is 19.4 Å². The molecule has 1 aromatic rings. The fraction of sp³-hybridized carbons (Fsp3) is 0.467. The lowest BCUT2D eigenvalue weighted by Gasteiger charge is -2.28. The molecule has 5 heteroatoms. The molecule has 1 aliphatic rings. The highest BCUT2D eigenvalue weighted by Crippen LogP contribution is 2.24. The van der Waals surface area contributed by atoms with E-state index in [-0.39, 0.29) is 12.6 Å². The number of hydrogen-bond donors (Lipinski definition) is 2. The van der Waals surface area contributed by atoms with Crippen molar-refractivity contribution in [3.8, 4) is 0 Å². The molecule has 1 saturated carbocycles. The monoisotopic (exact) mass is 277 g/mol. The number of carboxylic acids is 1. The standard InChI is InChI=1S/C15H19NO4/c17-14(18)12-8-4-5-9-13(12)16-15(19)20-10-11-6-2-1-3-7-11/h1-3,6-7,12-13H,4-5,8-10H2,(H,16,19)(H,17,18)/t12-,13+/m1/s1. The minimum atomic E-state index is -0.849. The van der Waals surface area contributed by atoms with Crippen molar-refractivity contribution in [1.82, 2.24) is 5.32 Å². The van der Waals surface area contributed by atoms with Gasteiger partial charge in [-0.1, -0.05) is 43.2 Å². The Morgan fingerprint density at radius 3 is 2.60 bits per heavy atom. The van der Waals surface area contributed by atoms with Gasteiger partial charge in [0.05, 0.1) is 5.92 Å². The zero-order valence-electron chi connectivity index (χ0n) is 11.2. The van der Waals surface area contributed by atoms with Crippen molar-refractivity contribution in [2.75, 3.05) is 0 Å². The van der Waals surface area contributed by atoms with Crippen LogP contribution in [0.5, 0.6) is 0 Å². The molecule has 5 nitrogen and oxygen atoms in total. The molecule has 1 fully saturated rings. The van der Waals surface area contributed by atoms with Gasteiger partial charge < -0.3 is 15.2 Å². The first-order valence-corrected chi connectivity index (χ1v) is 6.87. The highest BCUT2D eigenvalue weighted by molar-refractivity contribution is 5.73. The predicted molar refractivity (Wildman–Crippen MR) is 73.1 cm³/mol. The van der Waals surface area contributed by atoms with Gasteiger partial charge >= 0.3 is 12.1 Å². The first-order valence-electron chi connectivity index (χ1n) is 6.87. The lowest BCUT2D eigenvalue weighted by Crippen LogP contribution is -2.45. The molecular weight excluding hydrogens is 258 g/mol. The first kappa shape index (κ1) is 14.4. The number of hydrogen-bond acceptors (Lipinski definition) is 3. The van der Waals surface area contributed by atoms with Crippen LogP contribution in [-0.4, -0.2) is 23.2 Å². The maximum Gasteiger partial charge on any atom is 0.407 e. The summed E-state index contributed by atoms with van der Waals surface area (Å²) in [6, 6.07) is 9.05. The number of nitrogens with one attached hydrogen (secondary N) is 1. The third-order valence-electron chi connectivity index (χ3n) is 3.60. The van der Waals surface area contributed by atoms with E-state index < -0.39 is 18.0 Å². The Morgan fingerprint density at radius 2 is 1.90 bits per heavy atom. The molecule has 0 saturated heterocycles. The van der Waals surface area contributed by atoms with Crippen LogP contribution in [0.1, 0.15) is 31.2 Å². The van der Waals surface area contributed by atoms with Gasteiger partial charge in [-0.25, -0.2) is 4.79 Å². The Hall–Kier alpha value is -2.04. The summed E-state index contributed by atoms with van der Waals surface area (Å²) >= 11 is 0. The molecule has 1 aromatic carbocycles. The van der Waals surface area contributed by atoms with E-state index >= 15 is 0 Å². The molecule has 20 heavy (non-hydrogen) atoms. The first-order chi connectivity index (χ1) is 9.66. The predicted octanol–water partition coefficient (Wildman–Crippen LogP) is 2.56. The molecule has 108 valence electrons. The Kier molecular flexibility index (Phi) is 4.98. The van der Waals surface area contributed by atoms with Crippen LogP contribution >= 0.6 is 0 Å². The quantitative estimate of drug-likeness (QED) is 0.886. The molecule has 0 aliphatic heterocycles. The van der Waals surface area contributed by atoms with Crippen LogP contribution in [0.2, 0.25) is 0 Å². The smallest absolute Gasteiger partial charge is 0.407 e. The average molecular weight is 277 g/mol. The molecule has 0 bridgehead atoms. The van der Waals surface area contributed by atoms with Crippen LogP contribution in [0, 0.1) is 5.92 Å².